The molecule has 9 nitrogen and oxygen atoms in total. The van der Waals surface area contributed by atoms with E-state index in [-0.39, 0.29) is 0 Å². The molecule has 2 amide bonds. The predicted octanol–water partition coefficient (Wildman–Crippen LogP) is 4.63. The Bertz CT molecular complexity index is 1300. The Labute approximate surface area is 208 Å². The molecule has 0 aliphatic carbocycles. The van der Waals surface area contributed by atoms with E-state index < -0.39 is 17.4 Å². The highest BCUT2D eigenvalue weighted by atomic mass is 16.5. The van der Waals surface area contributed by atoms with Crippen LogP contribution >= 0.6 is 0 Å². The maximum Gasteiger partial charge on any atom is 0.313 e. The third-order valence-electron chi connectivity index (χ3n) is 5.49. The second kappa shape index (κ2) is 10.8. The predicted molar refractivity (Wildman–Crippen MR) is 136 cm³/mol. The lowest BCUT2D eigenvalue weighted by atomic mass is 9.94. The van der Waals surface area contributed by atoms with E-state index >= 15 is 0 Å². The zero-order chi connectivity index (χ0) is 25.5. The number of hydrogen-bond acceptors (Lipinski definition) is 7. The molecule has 0 unspecified atom stereocenters. The average Bonchev–Trinajstić information content (AvgIpc) is 3.57. The molecule has 0 saturated carbocycles. The highest BCUT2D eigenvalue weighted by Crippen LogP contribution is 2.32. The van der Waals surface area contributed by atoms with Crippen molar-refractivity contribution in [2.75, 3.05) is 17.7 Å². The Morgan fingerprint density at radius 2 is 1.78 bits per heavy atom. The molecule has 186 valence electrons. The van der Waals surface area contributed by atoms with Crippen LogP contribution in [0, 0.1) is 0 Å². The number of rotatable bonds is 9. The fraction of sp³-hybridized carbons (Fsp3) is 0.222. The fourth-order valence-electron chi connectivity index (χ4n) is 3.77. The zero-order valence-corrected chi connectivity index (χ0v) is 20.3. The molecule has 0 radical (unpaired) electrons. The zero-order valence-electron chi connectivity index (χ0n) is 20.3. The molecule has 0 atom stereocenters. The molecule has 2 aromatic carbocycles. The Kier molecular flexibility index (Phi) is 7.39. The number of anilines is 2. The summed E-state index contributed by atoms with van der Waals surface area (Å²) in [5.41, 5.74) is 3.53. The van der Waals surface area contributed by atoms with E-state index in [9.17, 15) is 9.59 Å². The summed E-state index contributed by atoms with van der Waals surface area (Å²) in [6.45, 7) is 4.41. The first-order chi connectivity index (χ1) is 17.3. The van der Waals surface area contributed by atoms with Gasteiger partial charge in [0, 0.05) is 35.1 Å². The largest absolute Gasteiger partial charge is 0.496 e. The summed E-state index contributed by atoms with van der Waals surface area (Å²) in [5, 5.41) is 8.76. The lowest BCUT2D eigenvalue weighted by Gasteiger charge is -2.26. The van der Waals surface area contributed by atoms with E-state index in [1.165, 1.54) is 13.5 Å². The number of nitrogens with zero attached hydrogens (tertiary/aromatic N) is 1. The van der Waals surface area contributed by atoms with Crippen LogP contribution in [0.25, 0.3) is 11.3 Å². The van der Waals surface area contributed by atoms with E-state index in [4.69, 9.17) is 13.6 Å². The second-order valence-electron chi connectivity index (χ2n) is 8.93. The molecule has 0 saturated heterocycles. The van der Waals surface area contributed by atoms with Crippen LogP contribution in [0.4, 0.5) is 11.4 Å². The molecule has 0 spiro atoms. The minimum Gasteiger partial charge on any atom is -0.496 e. The van der Waals surface area contributed by atoms with Gasteiger partial charge in [-0.25, -0.2) is 4.98 Å². The summed E-state index contributed by atoms with van der Waals surface area (Å²) < 4.78 is 15.8. The lowest BCUT2D eigenvalue weighted by molar-refractivity contribution is -0.137. The quantitative estimate of drug-likeness (QED) is 0.294. The first-order valence-corrected chi connectivity index (χ1v) is 11.4. The van der Waals surface area contributed by atoms with Crippen LogP contribution in [0.15, 0.2) is 82.5 Å². The summed E-state index contributed by atoms with van der Waals surface area (Å²) in [5.74, 6) is -0.480. The molecule has 0 aliphatic rings. The number of furan rings is 1. The summed E-state index contributed by atoms with van der Waals surface area (Å²) >= 11 is 0. The van der Waals surface area contributed by atoms with E-state index in [1.807, 2.05) is 44.2 Å². The van der Waals surface area contributed by atoms with E-state index in [1.54, 1.807) is 36.9 Å². The molecule has 0 bridgehead atoms. The van der Waals surface area contributed by atoms with Crippen LogP contribution in [0.1, 0.15) is 25.0 Å². The molecule has 0 fully saturated rings. The van der Waals surface area contributed by atoms with Crippen LogP contribution in [-0.2, 0) is 22.6 Å². The summed E-state index contributed by atoms with van der Waals surface area (Å²) in [7, 11) is 1.51. The third-order valence-corrected chi connectivity index (χ3v) is 5.49. The van der Waals surface area contributed by atoms with Gasteiger partial charge in [-0.15, -0.1) is 0 Å². The van der Waals surface area contributed by atoms with Crippen LogP contribution in [-0.4, -0.2) is 29.4 Å². The van der Waals surface area contributed by atoms with Gasteiger partial charge in [-0.2, -0.15) is 0 Å². The maximum atomic E-state index is 12.6. The lowest BCUT2D eigenvalue weighted by Crippen LogP contribution is -2.49. The molecule has 4 rings (SSSR count). The van der Waals surface area contributed by atoms with Crippen molar-refractivity contribution < 1.29 is 23.2 Å². The summed E-state index contributed by atoms with van der Waals surface area (Å²) in [6.07, 6.45) is 6.78. The monoisotopic (exact) mass is 488 g/mol. The number of carbonyl (C=O) groups is 2. The van der Waals surface area contributed by atoms with Gasteiger partial charge in [0.25, 0.3) is 0 Å². The van der Waals surface area contributed by atoms with Gasteiger partial charge in [-0.05, 0) is 56.2 Å². The number of oxazole rings is 1. The topological polar surface area (TPSA) is 119 Å². The van der Waals surface area contributed by atoms with Crippen molar-refractivity contribution in [3.05, 3.63) is 84.8 Å². The highest BCUT2D eigenvalue weighted by Gasteiger charge is 2.25. The van der Waals surface area contributed by atoms with E-state index in [0.29, 0.717) is 35.7 Å². The van der Waals surface area contributed by atoms with Crippen molar-refractivity contribution in [2.24, 2.45) is 0 Å². The number of carbonyl (C=O) groups excluding carboxylic acids is 2. The Morgan fingerprint density at radius 3 is 2.44 bits per heavy atom. The van der Waals surface area contributed by atoms with Gasteiger partial charge in [-0.1, -0.05) is 12.1 Å². The number of ether oxygens (including phenoxy) is 1. The first-order valence-electron chi connectivity index (χ1n) is 11.4. The molecule has 2 heterocycles. The van der Waals surface area contributed by atoms with Crippen LogP contribution < -0.4 is 20.7 Å². The SMILES string of the molecule is COc1cc(NC(=O)C(=O)NC(C)(C)Cc2ccc(NCc3ccoc3)cc2)ccc1-c1cnco1. The van der Waals surface area contributed by atoms with Crippen LogP contribution in [0.3, 0.4) is 0 Å². The molecular weight excluding hydrogens is 460 g/mol. The minimum atomic E-state index is -0.767. The molecule has 36 heavy (non-hydrogen) atoms. The average molecular weight is 489 g/mol. The Hall–Kier alpha value is -4.53. The van der Waals surface area contributed by atoms with E-state index in [0.717, 1.165) is 16.8 Å². The fourth-order valence-corrected chi connectivity index (χ4v) is 3.77. The molecule has 0 aliphatic heterocycles. The normalized spacial score (nSPS) is 11.1. The second-order valence-corrected chi connectivity index (χ2v) is 8.93. The van der Waals surface area contributed by atoms with Gasteiger partial charge < -0.3 is 29.5 Å². The van der Waals surface area contributed by atoms with E-state index in [2.05, 4.69) is 20.9 Å². The maximum absolute atomic E-state index is 12.6. The Morgan fingerprint density at radius 1 is 1.00 bits per heavy atom. The molecule has 4 aromatic rings. The summed E-state index contributed by atoms with van der Waals surface area (Å²) in [6, 6.07) is 14.9. The van der Waals surface area contributed by atoms with Crippen molar-refractivity contribution in [3.8, 4) is 17.1 Å². The van der Waals surface area contributed by atoms with Crippen molar-refractivity contribution in [3.63, 3.8) is 0 Å². The Balaban J connectivity index is 1.32. The third kappa shape index (κ3) is 6.32. The van der Waals surface area contributed by atoms with Crippen molar-refractivity contribution in [2.45, 2.75) is 32.4 Å². The van der Waals surface area contributed by atoms with Crippen LogP contribution in [0.5, 0.6) is 5.75 Å². The molecule has 9 heteroatoms. The summed E-state index contributed by atoms with van der Waals surface area (Å²) in [4.78, 5) is 29.1. The molecule has 3 N–H and O–H groups in total. The van der Waals surface area contributed by atoms with Gasteiger partial charge in [0.1, 0.15) is 5.75 Å². The number of hydrogen-bond donors (Lipinski definition) is 3. The minimum absolute atomic E-state index is 0.423. The molecule has 2 aromatic heterocycles. The number of methoxy groups -OCH3 is 1. The smallest absolute Gasteiger partial charge is 0.313 e. The number of nitrogens with one attached hydrogen (secondary N) is 3. The number of amides is 2. The first kappa shape index (κ1) is 24.6. The highest BCUT2D eigenvalue weighted by molar-refractivity contribution is 6.39. The van der Waals surface area contributed by atoms with Crippen LogP contribution in [0.2, 0.25) is 0 Å². The van der Waals surface area contributed by atoms with Gasteiger partial charge in [-0.3, -0.25) is 9.59 Å². The number of benzene rings is 2. The van der Waals surface area contributed by atoms with Gasteiger partial charge in [0.05, 0.1) is 31.4 Å². The van der Waals surface area contributed by atoms with Crippen molar-refractivity contribution in [1.29, 1.82) is 0 Å². The number of aromatic nitrogens is 1. The van der Waals surface area contributed by atoms with Gasteiger partial charge in [0.2, 0.25) is 0 Å². The van der Waals surface area contributed by atoms with Gasteiger partial charge in [0.15, 0.2) is 12.2 Å². The van der Waals surface area contributed by atoms with Crippen molar-refractivity contribution in [1.82, 2.24) is 10.3 Å². The molecular formula is C27H28N4O5. The standard InChI is InChI=1S/C27H28N4O5/c1-27(2,13-18-4-6-20(7-5-18)29-14-19-10-11-35-16-19)31-26(33)25(32)30-21-8-9-22(23(12-21)34-3)24-15-28-17-36-24/h4-12,15-17,29H,13-14H2,1-3H3,(H,30,32)(H,31,33). The van der Waals surface area contributed by atoms with Gasteiger partial charge >= 0.3 is 11.8 Å². The van der Waals surface area contributed by atoms with Crippen molar-refractivity contribution >= 4 is 23.2 Å².